The molecule has 2 amide bonds. The molecule has 9 heteroatoms. The van der Waals surface area contributed by atoms with Gasteiger partial charge >= 0.3 is 0 Å². The molecular weight excluding hydrogens is 380 g/mol. The third kappa shape index (κ3) is 5.71. The number of nitrogens with zero attached hydrogens (tertiary/aromatic N) is 2. The molecule has 1 aromatic heterocycles. The van der Waals surface area contributed by atoms with Crippen molar-refractivity contribution < 1.29 is 18.4 Å². The molecule has 7 nitrogen and oxygen atoms in total. The van der Waals surface area contributed by atoms with Crippen molar-refractivity contribution in [3.63, 3.8) is 0 Å². The fraction of sp³-hybridized carbons (Fsp3) is 0.350. The van der Waals surface area contributed by atoms with Crippen molar-refractivity contribution in [2.24, 2.45) is 0 Å². The molecule has 0 unspecified atom stereocenters. The molecule has 0 aliphatic carbocycles. The van der Waals surface area contributed by atoms with Crippen LogP contribution in [0.25, 0.3) is 0 Å². The number of nitrogen functional groups attached to an aromatic ring is 1. The Morgan fingerprint density at radius 2 is 1.83 bits per heavy atom. The number of nitrogens with two attached hydrogens (primary N) is 1. The van der Waals surface area contributed by atoms with Crippen LogP contribution in [0.1, 0.15) is 33.7 Å². The first kappa shape index (κ1) is 20.7. The van der Waals surface area contributed by atoms with E-state index in [0.29, 0.717) is 43.1 Å². The zero-order valence-corrected chi connectivity index (χ0v) is 15.8. The van der Waals surface area contributed by atoms with E-state index in [-0.39, 0.29) is 24.4 Å². The molecule has 0 bridgehead atoms. The third-order valence-electron chi connectivity index (χ3n) is 4.77. The van der Waals surface area contributed by atoms with Crippen molar-refractivity contribution in [3.8, 4) is 0 Å². The minimum absolute atomic E-state index is 0.150. The van der Waals surface area contributed by atoms with Gasteiger partial charge in [-0.1, -0.05) is 12.1 Å². The SMILES string of the molecule is Nc1ccccc1NC(=O)c1ccc(C(=O)NCCN2CCC(F)(F)CC2)cn1. The Morgan fingerprint density at radius 3 is 2.48 bits per heavy atom. The van der Waals surface area contributed by atoms with Crippen molar-refractivity contribution in [2.45, 2.75) is 18.8 Å². The second-order valence-corrected chi connectivity index (χ2v) is 6.93. The van der Waals surface area contributed by atoms with Gasteiger partial charge in [-0.2, -0.15) is 0 Å². The monoisotopic (exact) mass is 403 g/mol. The van der Waals surface area contributed by atoms with Gasteiger partial charge in [0.2, 0.25) is 0 Å². The van der Waals surface area contributed by atoms with Crippen LogP contribution in [0, 0.1) is 0 Å². The molecule has 2 aromatic rings. The number of carbonyl (C=O) groups is 2. The van der Waals surface area contributed by atoms with Gasteiger partial charge in [-0.3, -0.25) is 14.6 Å². The maximum atomic E-state index is 13.1. The number of benzene rings is 1. The lowest BCUT2D eigenvalue weighted by Gasteiger charge is -2.31. The number of para-hydroxylation sites is 2. The molecule has 1 aliphatic heterocycles. The van der Waals surface area contributed by atoms with E-state index in [1.165, 1.54) is 18.3 Å². The molecule has 0 spiro atoms. The maximum absolute atomic E-state index is 13.1. The topological polar surface area (TPSA) is 100 Å². The van der Waals surface area contributed by atoms with Gasteiger partial charge in [0.15, 0.2) is 0 Å². The Kier molecular flexibility index (Phi) is 6.38. The number of amides is 2. The number of carbonyl (C=O) groups excluding carboxylic acids is 2. The highest BCUT2D eigenvalue weighted by molar-refractivity contribution is 6.04. The lowest BCUT2D eigenvalue weighted by molar-refractivity contribution is -0.0547. The molecule has 1 aromatic carbocycles. The highest BCUT2D eigenvalue weighted by Gasteiger charge is 2.33. The smallest absolute Gasteiger partial charge is 0.274 e. The van der Waals surface area contributed by atoms with Gasteiger partial charge in [-0.15, -0.1) is 0 Å². The van der Waals surface area contributed by atoms with Gasteiger partial charge in [0.1, 0.15) is 5.69 Å². The van der Waals surface area contributed by atoms with E-state index in [0.717, 1.165) is 0 Å². The van der Waals surface area contributed by atoms with Gasteiger partial charge in [-0.25, -0.2) is 8.78 Å². The van der Waals surface area contributed by atoms with E-state index >= 15 is 0 Å². The highest BCUT2D eigenvalue weighted by Crippen LogP contribution is 2.27. The largest absolute Gasteiger partial charge is 0.397 e. The number of alkyl halides is 2. The van der Waals surface area contributed by atoms with E-state index in [2.05, 4.69) is 15.6 Å². The number of pyridine rings is 1. The zero-order valence-electron chi connectivity index (χ0n) is 15.8. The molecule has 2 heterocycles. The first-order valence-corrected chi connectivity index (χ1v) is 9.34. The Balaban J connectivity index is 1.47. The molecule has 1 aliphatic rings. The second-order valence-electron chi connectivity index (χ2n) is 6.93. The zero-order chi connectivity index (χ0) is 20.9. The number of hydrogen-bond donors (Lipinski definition) is 3. The number of piperidine rings is 1. The fourth-order valence-electron chi connectivity index (χ4n) is 2.99. The third-order valence-corrected chi connectivity index (χ3v) is 4.77. The minimum Gasteiger partial charge on any atom is -0.397 e. The molecule has 0 saturated carbocycles. The maximum Gasteiger partial charge on any atom is 0.274 e. The Hall–Kier alpha value is -3.07. The Bertz CT molecular complexity index is 863. The number of anilines is 2. The summed E-state index contributed by atoms with van der Waals surface area (Å²) in [5, 5.41) is 5.40. The molecule has 1 fully saturated rings. The quantitative estimate of drug-likeness (QED) is 0.643. The van der Waals surface area contributed by atoms with Gasteiger partial charge < -0.3 is 21.3 Å². The normalized spacial score (nSPS) is 16.2. The molecular formula is C20H23F2N5O2. The minimum atomic E-state index is -2.58. The summed E-state index contributed by atoms with van der Waals surface area (Å²) in [6.45, 7) is 1.49. The van der Waals surface area contributed by atoms with E-state index in [1.54, 1.807) is 24.3 Å². The second kappa shape index (κ2) is 8.95. The van der Waals surface area contributed by atoms with Gasteiger partial charge in [-0.05, 0) is 24.3 Å². The van der Waals surface area contributed by atoms with Crippen LogP contribution in [-0.4, -0.2) is 53.8 Å². The van der Waals surface area contributed by atoms with Crippen molar-refractivity contribution >= 4 is 23.2 Å². The summed E-state index contributed by atoms with van der Waals surface area (Å²) in [6, 6.07) is 9.83. The molecule has 29 heavy (non-hydrogen) atoms. The molecule has 4 N–H and O–H groups in total. The van der Waals surface area contributed by atoms with Crippen molar-refractivity contribution in [2.75, 3.05) is 37.2 Å². The Morgan fingerprint density at radius 1 is 1.10 bits per heavy atom. The summed E-state index contributed by atoms with van der Waals surface area (Å²) in [4.78, 5) is 30.4. The number of hydrogen-bond acceptors (Lipinski definition) is 5. The number of nitrogens with one attached hydrogen (secondary N) is 2. The molecule has 3 rings (SSSR count). The van der Waals surface area contributed by atoms with Crippen LogP contribution in [-0.2, 0) is 0 Å². The summed E-state index contributed by atoms with van der Waals surface area (Å²) in [7, 11) is 0. The molecule has 0 radical (unpaired) electrons. The summed E-state index contributed by atoms with van der Waals surface area (Å²) in [5.41, 5.74) is 7.18. The first-order valence-electron chi connectivity index (χ1n) is 9.34. The van der Waals surface area contributed by atoms with Crippen LogP contribution >= 0.6 is 0 Å². The van der Waals surface area contributed by atoms with Crippen molar-refractivity contribution in [1.29, 1.82) is 0 Å². The van der Waals surface area contributed by atoms with Crippen molar-refractivity contribution in [3.05, 3.63) is 53.9 Å². The van der Waals surface area contributed by atoms with E-state index in [1.807, 2.05) is 4.90 Å². The van der Waals surface area contributed by atoms with Crippen LogP contribution in [0.4, 0.5) is 20.2 Å². The van der Waals surface area contributed by atoms with E-state index in [9.17, 15) is 18.4 Å². The lowest BCUT2D eigenvalue weighted by atomic mass is 10.1. The number of halogens is 2. The van der Waals surface area contributed by atoms with Crippen LogP contribution in [0.15, 0.2) is 42.6 Å². The summed E-state index contributed by atoms with van der Waals surface area (Å²) >= 11 is 0. The van der Waals surface area contributed by atoms with E-state index < -0.39 is 11.8 Å². The molecule has 0 atom stereocenters. The summed E-state index contributed by atoms with van der Waals surface area (Å²) in [5.74, 6) is -3.35. The summed E-state index contributed by atoms with van der Waals surface area (Å²) < 4.78 is 26.3. The van der Waals surface area contributed by atoms with E-state index in [4.69, 9.17) is 5.73 Å². The van der Waals surface area contributed by atoms with Crippen LogP contribution < -0.4 is 16.4 Å². The average molecular weight is 403 g/mol. The van der Waals surface area contributed by atoms with Gasteiger partial charge in [0.05, 0.1) is 16.9 Å². The number of rotatable bonds is 6. The highest BCUT2D eigenvalue weighted by atomic mass is 19.3. The standard InChI is InChI=1S/C20H23F2N5O2/c21-20(22)7-10-27(11-8-20)12-9-24-18(28)14-5-6-17(25-13-14)19(29)26-16-4-2-1-3-15(16)23/h1-6,13H,7-12,23H2,(H,24,28)(H,26,29). The summed E-state index contributed by atoms with van der Waals surface area (Å²) in [6.07, 6.45) is 1.02. The molecule has 154 valence electrons. The van der Waals surface area contributed by atoms with Gasteiger partial charge in [0, 0.05) is 45.2 Å². The molecule has 1 saturated heterocycles. The van der Waals surface area contributed by atoms with Crippen LogP contribution in [0.5, 0.6) is 0 Å². The first-order chi connectivity index (χ1) is 13.8. The number of likely N-dealkylation sites (tertiary alicyclic amines) is 1. The lowest BCUT2D eigenvalue weighted by Crippen LogP contribution is -2.43. The predicted molar refractivity (Wildman–Crippen MR) is 106 cm³/mol. The van der Waals surface area contributed by atoms with Crippen LogP contribution in [0.2, 0.25) is 0 Å². The number of aromatic nitrogens is 1. The fourth-order valence-corrected chi connectivity index (χ4v) is 2.99. The van der Waals surface area contributed by atoms with Gasteiger partial charge in [0.25, 0.3) is 17.7 Å². The predicted octanol–water partition coefficient (Wildman–Crippen LogP) is 2.38. The van der Waals surface area contributed by atoms with Crippen molar-refractivity contribution in [1.82, 2.24) is 15.2 Å². The average Bonchev–Trinajstić information content (AvgIpc) is 2.71. The van der Waals surface area contributed by atoms with Crippen LogP contribution in [0.3, 0.4) is 0 Å². The Labute approximate surface area is 167 Å².